The molecule has 2 aromatic rings. The SMILES string of the molecule is O=C(NCCc1cccnc1)N1CCCC1c1cccs1. The molecule has 21 heavy (non-hydrogen) atoms. The lowest BCUT2D eigenvalue weighted by Crippen LogP contribution is -2.40. The van der Waals surface area contributed by atoms with Crippen LogP contribution in [0.4, 0.5) is 4.79 Å². The van der Waals surface area contributed by atoms with Crippen LogP contribution in [0.25, 0.3) is 0 Å². The molecule has 1 aliphatic heterocycles. The van der Waals surface area contributed by atoms with Crippen molar-refractivity contribution in [2.75, 3.05) is 13.1 Å². The summed E-state index contributed by atoms with van der Waals surface area (Å²) >= 11 is 1.73. The van der Waals surface area contributed by atoms with Crippen molar-refractivity contribution in [3.05, 3.63) is 52.5 Å². The van der Waals surface area contributed by atoms with Crippen LogP contribution in [0, 0.1) is 0 Å². The molecular weight excluding hydrogens is 282 g/mol. The molecule has 0 aromatic carbocycles. The Bertz CT molecular complexity index is 570. The summed E-state index contributed by atoms with van der Waals surface area (Å²) in [6.07, 6.45) is 6.57. The Morgan fingerprint density at radius 1 is 1.43 bits per heavy atom. The Morgan fingerprint density at radius 3 is 3.14 bits per heavy atom. The average Bonchev–Trinajstić information content (AvgIpc) is 3.19. The van der Waals surface area contributed by atoms with Crippen molar-refractivity contribution in [1.29, 1.82) is 0 Å². The predicted octanol–water partition coefficient (Wildman–Crippen LogP) is 3.23. The van der Waals surface area contributed by atoms with E-state index in [1.165, 1.54) is 4.88 Å². The van der Waals surface area contributed by atoms with Crippen molar-refractivity contribution >= 4 is 17.4 Å². The number of nitrogens with one attached hydrogen (secondary N) is 1. The van der Waals surface area contributed by atoms with Gasteiger partial charge in [-0.05, 0) is 42.3 Å². The highest BCUT2D eigenvalue weighted by atomic mass is 32.1. The molecular formula is C16H19N3OS. The van der Waals surface area contributed by atoms with Crippen molar-refractivity contribution in [3.8, 4) is 0 Å². The number of hydrogen-bond acceptors (Lipinski definition) is 3. The molecule has 3 heterocycles. The van der Waals surface area contributed by atoms with E-state index in [1.54, 1.807) is 17.5 Å². The Morgan fingerprint density at radius 2 is 2.38 bits per heavy atom. The maximum absolute atomic E-state index is 12.3. The first kappa shape index (κ1) is 14.1. The standard InChI is InChI=1S/C16H19N3OS/c20-16(18-9-7-13-4-1-8-17-12-13)19-10-2-5-14(19)15-6-3-11-21-15/h1,3-4,6,8,11-12,14H,2,5,7,9-10H2,(H,18,20). The van der Waals surface area contributed by atoms with Crippen molar-refractivity contribution in [2.45, 2.75) is 25.3 Å². The molecule has 0 aliphatic carbocycles. The molecule has 1 unspecified atom stereocenters. The number of pyridine rings is 1. The predicted molar refractivity (Wildman–Crippen MR) is 84.3 cm³/mol. The van der Waals surface area contributed by atoms with Gasteiger partial charge in [-0.25, -0.2) is 4.79 Å². The maximum Gasteiger partial charge on any atom is 0.317 e. The van der Waals surface area contributed by atoms with E-state index in [2.05, 4.69) is 27.8 Å². The second kappa shape index (κ2) is 6.72. The zero-order valence-electron chi connectivity index (χ0n) is 11.9. The van der Waals surface area contributed by atoms with Crippen LogP contribution in [-0.4, -0.2) is 29.0 Å². The van der Waals surface area contributed by atoms with Gasteiger partial charge in [0, 0.05) is 30.4 Å². The molecule has 110 valence electrons. The van der Waals surface area contributed by atoms with Crippen LogP contribution in [0.1, 0.15) is 29.3 Å². The first-order valence-corrected chi connectivity index (χ1v) is 8.19. The zero-order chi connectivity index (χ0) is 14.5. The third-order valence-electron chi connectivity index (χ3n) is 3.80. The largest absolute Gasteiger partial charge is 0.338 e. The van der Waals surface area contributed by atoms with E-state index >= 15 is 0 Å². The van der Waals surface area contributed by atoms with Crippen LogP contribution < -0.4 is 5.32 Å². The van der Waals surface area contributed by atoms with Gasteiger partial charge in [0.05, 0.1) is 6.04 Å². The lowest BCUT2D eigenvalue weighted by molar-refractivity contribution is 0.194. The van der Waals surface area contributed by atoms with Crippen molar-refractivity contribution in [1.82, 2.24) is 15.2 Å². The highest BCUT2D eigenvalue weighted by Gasteiger charge is 2.30. The Kier molecular flexibility index (Phi) is 4.50. The molecule has 5 heteroatoms. The number of amides is 2. The fourth-order valence-corrected chi connectivity index (χ4v) is 3.62. The number of nitrogens with zero attached hydrogens (tertiary/aromatic N) is 2. The van der Waals surface area contributed by atoms with Gasteiger partial charge in [-0.15, -0.1) is 11.3 Å². The molecule has 2 amide bonds. The number of rotatable bonds is 4. The zero-order valence-corrected chi connectivity index (χ0v) is 12.7. The van der Waals surface area contributed by atoms with E-state index in [0.717, 1.165) is 31.4 Å². The third kappa shape index (κ3) is 3.42. The average molecular weight is 301 g/mol. The number of carbonyl (C=O) groups excluding carboxylic acids is 1. The maximum atomic E-state index is 12.3. The molecule has 3 rings (SSSR count). The summed E-state index contributed by atoms with van der Waals surface area (Å²) in [7, 11) is 0. The smallest absolute Gasteiger partial charge is 0.317 e. The summed E-state index contributed by atoms with van der Waals surface area (Å²) in [5.74, 6) is 0. The molecule has 0 saturated carbocycles. The summed E-state index contributed by atoms with van der Waals surface area (Å²) in [5, 5.41) is 5.10. The highest BCUT2D eigenvalue weighted by Crippen LogP contribution is 2.34. The van der Waals surface area contributed by atoms with E-state index in [4.69, 9.17) is 0 Å². The lowest BCUT2D eigenvalue weighted by atomic mass is 10.2. The summed E-state index contributed by atoms with van der Waals surface area (Å²) in [5.41, 5.74) is 1.15. The van der Waals surface area contributed by atoms with Crippen LogP contribution in [-0.2, 0) is 6.42 Å². The minimum atomic E-state index is 0.0507. The minimum Gasteiger partial charge on any atom is -0.338 e. The van der Waals surface area contributed by atoms with Crippen molar-refractivity contribution < 1.29 is 4.79 Å². The summed E-state index contributed by atoms with van der Waals surface area (Å²) in [6, 6.07) is 8.43. The fourth-order valence-electron chi connectivity index (χ4n) is 2.75. The number of hydrogen-bond donors (Lipinski definition) is 1. The van der Waals surface area contributed by atoms with Crippen molar-refractivity contribution in [3.63, 3.8) is 0 Å². The van der Waals surface area contributed by atoms with Gasteiger partial charge in [-0.1, -0.05) is 12.1 Å². The quantitative estimate of drug-likeness (QED) is 0.942. The van der Waals surface area contributed by atoms with Gasteiger partial charge >= 0.3 is 6.03 Å². The summed E-state index contributed by atoms with van der Waals surface area (Å²) < 4.78 is 0. The number of carbonyl (C=O) groups is 1. The van der Waals surface area contributed by atoms with Crippen LogP contribution in [0.3, 0.4) is 0 Å². The Hall–Kier alpha value is -1.88. The number of thiophene rings is 1. The number of aromatic nitrogens is 1. The molecule has 1 fully saturated rings. The van der Waals surface area contributed by atoms with Gasteiger partial charge in [0.15, 0.2) is 0 Å². The van der Waals surface area contributed by atoms with Crippen LogP contribution in [0.2, 0.25) is 0 Å². The van der Waals surface area contributed by atoms with Gasteiger partial charge < -0.3 is 10.2 Å². The third-order valence-corrected chi connectivity index (χ3v) is 4.77. The summed E-state index contributed by atoms with van der Waals surface area (Å²) in [6.45, 7) is 1.50. The molecule has 0 radical (unpaired) electrons. The monoisotopic (exact) mass is 301 g/mol. The first-order valence-electron chi connectivity index (χ1n) is 7.31. The van der Waals surface area contributed by atoms with Crippen molar-refractivity contribution in [2.24, 2.45) is 0 Å². The highest BCUT2D eigenvalue weighted by molar-refractivity contribution is 7.10. The van der Waals surface area contributed by atoms with Crippen LogP contribution in [0.5, 0.6) is 0 Å². The molecule has 1 saturated heterocycles. The minimum absolute atomic E-state index is 0.0507. The Labute approximate surface area is 128 Å². The number of likely N-dealkylation sites (tertiary alicyclic amines) is 1. The number of urea groups is 1. The van der Waals surface area contributed by atoms with E-state index < -0.39 is 0 Å². The van der Waals surface area contributed by atoms with Gasteiger partial charge in [-0.3, -0.25) is 4.98 Å². The normalized spacial score (nSPS) is 17.9. The first-order chi connectivity index (χ1) is 10.3. The van der Waals surface area contributed by atoms with Gasteiger partial charge in [0.1, 0.15) is 0 Å². The lowest BCUT2D eigenvalue weighted by Gasteiger charge is -2.24. The topological polar surface area (TPSA) is 45.2 Å². The fraction of sp³-hybridized carbons (Fsp3) is 0.375. The van der Waals surface area contributed by atoms with Gasteiger partial charge in [-0.2, -0.15) is 0 Å². The van der Waals surface area contributed by atoms with E-state index in [-0.39, 0.29) is 12.1 Å². The molecule has 1 aliphatic rings. The molecule has 0 bridgehead atoms. The van der Waals surface area contributed by atoms with Crippen LogP contribution >= 0.6 is 11.3 Å². The Balaban J connectivity index is 1.53. The van der Waals surface area contributed by atoms with Gasteiger partial charge in [0.2, 0.25) is 0 Å². The second-order valence-electron chi connectivity index (χ2n) is 5.21. The van der Waals surface area contributed by atoms with Gasteiger partial charge in [0.25, 0.3) is 0 Å². The molecule has 1 atom stereocenters. The summed E-state index contributed by atoms with van der Waals surface area (Å²) in [4.78, 5) is 19.7. The van der Waals surface area contributed by atoms with Crippen LogP contribution in [0.15, 0.2) is 42.0 Å². The second-order valence-corrected chi connectivity index (χ2v) is 6.19. The molecule has 4 nitrogen and oxygen atoms in total. The molecule has 1 N–H and O–H groups in total. The molecule has 2 aromatic heterocycles. The van der Waals surface area contributed by atoms with E-state index in [9.17, 15) is 4.79 Å². The molecule has 0 spiro atoms. The van der Waals surface area contributed by atoms with E-state index in [0.29, 0.717) is 6.54 Å². The van der Waals surface area contributed by atoms with E-state index in [1.807, 2.05) is 23.2 Å².